The molecule has 2 heterocycles. The molecule has 0 radical (unpaired) electrons. The van der Waals surface area contributed by atoms with Gasteiger partial charge in [0.15, 0.2) is 11.6 Å². The van der Waals surface area contributed by atoms with Gasteiger partial charge in [-0.3, -0.25) is 9.59 Å². The van der Waals surface area contributed by atoms with Gasteiger partial charge in [0, 0.05) is 22.3 Å². The minimum absolute atomic E-state index is 0.115. The number of carbonyl (C=O) groups excluding carboxylic acids is 4. The van der Waals surface area contributed by atoms with E-state index >= 15 is 0 Å². The van der Waals surface area contributed by atoms with E-state index < -0.39 is 21.7 Å². The number of aryl methyl sites for hydroxylation is 2. The molecule has 2 aliphatic rings. The normalized spacial score (nSPS) is 14.4. The summed E-state index contributed by atoms with van der Waals surface area (Å²) in [4.78, 5) is 48.4. The summed E-state index contributed by atoms with van der Waals surface area (Å²) in [5.41, 5.74) is 4.98. The SMILES string of the molecule is CCOC(=O)c1c(C2(Cl)c3ccccc3C(=O)c3ccccc32)noc1C.CCOC(=O)c1c(C2(Cl)c3ccccc3C(=O)c3ccccc32)noc1C. The van der Waals surface area contributed by atoms with E-state index in [9.17, 15) is 19.2 Å². The largest absolute Gasteiger partial charge is 0.462 e. The van der Waals surface area contributed by atoms with Gasteiger partial charge in [0.2, 0.25) is 0 Å². The number of rotatable bonds is 6. The lowest BCUT2D eigenvalue weighted by Crippen LogP contribution is -2.34. The molecule has 0 aliphatic heterocycles. The van der Waals surface area contributed by atoms with Crippen LogP contribution in [0, 0.1) is 13.8 Å². The first kappa shape index (κ1) is 36.5. The predicted molar refractivity (Wildman–Crippen MR) is 198 cm³/mol. The van der Waals surface area contributed by atoms with E-state index in [1.54, 1.807) is 125 Å². The summed E-state index contributed by atoms with van der Waals surface area (Å²) in [5, 5.41) is 8.24. The smallest absolute Gasteiger partial charge is 0.343 e. The molecule has 2 aromatic heterocycles. The molecule has 0 fully saturated rings. The van der Waals surface area contributed by atoms with Gasteiger partial charge >= 0.3 is 11.9 Å². The molecule has 0 unspecified atom stereocenters. The van der Waals surface area contributed by atoms with Gasteiger partial charge in [-0.15, -0.1) is 23.2 Å². The monoisotopic (exact) mass is 762 g/mol. The number of alkyl halides is 2. The second-order valence-electron chi connectivity index (χ2n) is 12.5. The van der Waals surface area contributed by atoms with Crippen LogP contribution >= 0.6 is 23.2 Å². The molecule has 272 valence electrons. The van der Waals surface area contributed by atoms with Crippen molar-refractivity contribution in [1.82, 2.24) is 10.3 Å². The molecule has 12 heteroatoms. The number of halogens is 2. The average Bonchev–Trinajstić information content (AvgIpc) is 3.79. The number of aromatic nitrogens is 2. The molecule has 8 rings (SSSR count). The highest BCUT2D eigenvalue weighted by Crippen LogP contribution is 2.51. The minimum Gasteiger partial charge on any atom is -0.462 e. The molecular weight excluding hydrogens is 731 g/mol. The third-order valence-corrected chi connectivity index (χ3v) is 10.7. The van der Waals surface area contributed by atoms with E-state index in [1.807, 2.05) is 0 Å². The van der Waals surface area contributed by atoms with Crippen LogP contribution in [0.25, 0.3) is 0 Å². The Balaban J connectivity index is 0.000000167. The molecule has 10 nitrogen and oxygen atoms in total. The van der Waals surface area contributed by atoms with Crippen LogP contribution < -0.4 is 0 Å². The molecule has 0 N–H and O–H groups in total. The molecule has 0 saturated heterocycles. The van der Waals surface area contributed by atoms with Crippen LogP contribution in [0.2, 0.25) is 0 Å². The molecule has 0 saturated carbocycles. The van der Waals surface area contributed by atoms with Gasteiger partial charge in [0.1, 0.15) is 43.8 Å². The van der Waals surface area contributed by atoms with Crippen molar-refractivity contribution >= 4 is 46.7 Å². The maximum atomic E-state index is 13.0. The first-order chi connectivity index (χ1) is 26.0. The Kier molecular flexibility index (Phi) is 9.59. The fraction of sp³-hybridized carbons (Fsp3) is 0.190. The van der Waals surface area contributed by atoms with Crippen LogP contribution in [0.15, 0.2) is 106 Å². The summed E-state index contributed by atoms with van der Waals surface area (Å²) < 4.78 is 21.0. The second-order valence-corrected chi connectivity index (χ2v) is 13.7. The number of ketones is 2. The lowest BCUT2D eigenvalue weighted by molar-refractivity contribution is 0.0513. The standard InChI is InChI=1S/2C21H16ClNO4/c2*1-3-26-20(25)17-12(2)27-23-19(17)21(22)15-10-6-4-8-13(15)18(24)14-9-5-7-11-16(14)21/h2*4-11H,3H2,1-2H3. The Morgan fingerprint density at radius 3 is 1.11 bits per heavy atom. The second kappa shape index (κ2) is 14.2. The summed E-state index contributed by atoms with van der Waals surface area (Å²) in [7, 11) is 0. The Hall–Kier alpha value is -5.84. The number of esters is 2. The quantitative estimate of drug-likeness (QED) is 0.120. The highest BCUT2D eigenvalue weighted by Gasteiger charge is 2.50. The van der Waals surface area contributed by atoms with Crippen LogP contribution in [0.4, 0.5) is 0 Å². The van der Waals surface area contributed by atoms with Gasteiger partial charge in [-0.1, -0.05) is 107 Å². The van der Waals surface area contributed by atoms with Crippen molar-refractivity contribution in [3.05, 3.63) is 176 Å². The zero-order chi connectivity index (χ0) is 38.4. The Morgan fingerprint density at radius 1 is 0.556 bits per heavy atom. The third-order valence-electron chi connectivity index (χ3n) is 9.51. The maximum absolute atomic E-state index is 13.0. The zero-order valence-electron chi connectivity index (χ0n) is 29.6. The van der Waals surface area contributed by atoms with Gasteiger partial charge in [0.05, 0.1) is 13.2 Å². The number of benzene rings is 4. The first-order valence-electron chi connectivity index (χ1n) is 17.1. The minimum atomic E-state index is -1.35. The Morgan fingerprint density at radius 2 is 0.833 bits per heavy atom. The predicted octanol–water partition coefficient (Wildman–Crippen LogP) is 8.47. The molecule has 0 bridgehead atoms. The summed E-state index contributed by atoms with van der Waals surface area (Å²) in [6, 6.07) is 28.3. The highest BCUT2D eigenvalue weighted by molar-refractivity contribution is 6.33. The van der Waals surface area contributed by atoms with Crippen molar-refractivity contribution in [3.8, 4) is 0 Å². The van der Waals surface area contributed by atoms with E-state index in [0.29, 0.717) is 56.0 Å². The van der Waals surface area contributed by atoms with Crippen LogP contribution in [0.3, 0.4) is 0 Å². The number of ether oxygens (including phenoxy) is 2. The van der Waals surface area contributed by atoms with Crippen molar-refractivity contribution in [3.63, 3.8) is 0 Å². The number of fused-ring (bicyclic) bond motifs is 4. The van der Waals surface area contributed by atoms with Crippen molar-refractivity contribution in [2.45, 2.75) is 37.4 Å². The first-order valence-corrected chi connectivity index (χ1v) is 17.9. The van der Waals surface area contributed by atoms with E-state index in [0.717, 1.165) is 0 Å². The topological polar surface area (TPSA) is 139 Å². The number of hydrogen-bond donors (Lipinski definition) is 0. The fourth-order valence-corrected chi connectivity index (χ4v) is 8.04. The van der Waals surface area contributed by atoms with E-state index in [1.165, 1.54) is 0 Å². The van der Waals surface area contributed by atoms with Crippen LogP contribution in [-0.2, 0) is 19.2 Å². The van der Waals surface area contributed by atoms with Gasteiger partial charge < -0.3 is 18.5 Å². The van der Waals surface area contributed by atoms with Gasteiger partial charge in [-0.25, -0.2) is 9.59 Å². The fourth-order valence-electron chi connectivity index (χ4n) is 7.12. The van der Waals surface area contributed by atoms with Crippen molar-refractivity contribution in [2.75, 3.05) is 13.2 Å². The van der Waals surface area contributed by atoms with E-state index in [-0.39, 0.29) is 47.3 Å². The Labute approximate surface area is 320 Å². The van der Waals surface area contributed by atoms with Crippen molar-refractivity contribution in [2.24, 2.45) is 0 Å². The summed E-state index contributed by atoms with van der Waals surface area (Å²) in [6.45, 7) is 7.14. The van der Waals surface area contributed by atoms with E-state index in [2.05, 4.69) is 10.3 Å². The van der Waals surface area contributed by atoms with E-state index in [4.69, 9.17) is 41.7 Å². The molecule has 0 atom stereocenters. The summed E-state index contributed by atoms with van der Waals surface area (Å²) in [6.07, 6.45) is 0. The molecule has 6 aromatic rings. The molecular formula is C42H32Cl2N2O8. The summed E-state index contributed by atoms with van der Waals surface area (Å²) in [5.74, 6) is -0.715. The van der Waals surface area contributed by atoms with Gasteiger partial charge in [-0.2, -0.15) is 0 Å². The average molecular weight is 764 g/mol. The molecule has 4 aromatic carbocycles. The van der Waals surface area contributed by atoms with Crippen LogP contribution in [0.5, 0.6) is 0 Å². The maximum Gasteiger partial charge on any atom is 0.343 e. The molecule has 0 spiro atoms. The molecule has 0 amide bonds. The van der Waals surface area contributed by atoms with Gasteiger partial charge in [0.25, 0.3) is 0 Å². The number of nitrogens with zero attached hydrogens (tertiary/aromatic N) is 2. The van der Waals surface area contributed by atoms with Crippen molar-refractivity contribution < 1.29 is 37.7 Å². The number of carbonyl (C=O) groups is 4. The number of hydrogen-bond acceptors (Lipinski definition) is 10. The van der Waals surface area contributed by atoms with Crippen LogP contribution in [-0.4, -0.2) is 47.0 Å². The molecule has 54 heavy (non-hydrogen) atoms. The third kappa shape index (κ3) is 5.56. The molecule has 2 aliphatic carbocycles. The van der Waals surface area contributed by atoms with Gasteiger partial charge in [-0.05, 0) is 49.9 Å². The summed E-state index contributed by atoms with van der Waals surface area (Å²) >= 11 is 14.4. The van der Waals surface area contributed by atoms with Crippen molar-refractivity contribution in [1.29, 1.82) is 0 Å². The Bertz CT molecular complexity index is 2210. The highest BCUT2D eigenvalue weighted by atomic mass is 35.5. The lowest BCUT2D eigenvalue weighted by atomic mass is 9.74. The lowest BCUT2D eigenvalue weighted by Gasteiger charge is -2.34. The van der Waals surface area contributed by atoms with Crippen LogP contribution in [0.1, 0.15) is 112 Å². The zero-order valence-corrected chi connectivity index (χ0v) is 31.1.